The fourth-order valence-corrected chi connectivity index (χ4v) is 1.15. The molecule has 9 heavy (non-hydrogen) atoms. The van der Waals surface area contributed by atoms with Crippen LogP contribution < -0.4 is 0 Å². The van der Waals surface area contributed by atoms with Crippen molar-refractivity contribution in [2.24, 2.45) is 0 Å². The third-order valence-corrected chi connectivity index (χ3v) is 1.85. The Balaban J connectivity index is 2.76. The summed E-state index contributed by atoms with van der Waals surface area (Å²) in [6, 6.07) is 3.47. The van der Waals surface area contributed by atoms with Gasteiger partial charge in [-0.2, -0.15) is 0 Å². The van der Waals surface area contributed by atoms with Crippen molar-refractivity contribution in [3.63, 3.8) is 0 Å². The third-order valence-electron chi connectivity index (χ3n) is 0.924. The molecule has 0 saturated carbocycles. The van der Waals surface area contributed by atoms with E-state index in [9.17, 15) is 4.79 Å². The number of hydrogen-bond donors (Lipinski definition) is 1. The summed E-state index contributed by atoms with van der Waals surface area (Å²) in [7, 11) is 0. The van der Waals surface area contributed by atoms with Gasteiger partial charge in [0.1, 0.15) is 0 Å². The first-order valence-electron chi connectivity index (χ1n) is 2.43. The largest absolute Gasteiger partial charge is 0.379 e. The van der Waals surface area contributed by atoms with Gasteiger partial charge in [0, 0.05) is 4.88 Å². The predicted molar refractivity (Wildman–Crippen MR) is 35.0 cm³/mol. The molecule has 1 rings (SSSR count). The summed E-state index contributed by atoms with van der Waals surface area (Å²) in [5.74, 6) is 0. The number of aliphatic hydroxyl groups is 1. The molecule has 1 atom stereocenters. The smallest absolute Gasteiger partial charge is 0.235 e. The number of hydrogen-bond acceptors (Lipinski definition) is 3. The molecule has 1 aromatic rings. The van der Waals surface area contributed by atoms with Crippen LogP contribution in [0.5, 0.6) is 0 Å². The molecular formula is C6H5O2S. The fraction of sp³-hybridized carbons (Fsp3) is 0.167. The van der Waals surface area contributed by atoms with Crippen LogP contribution >= 0.6 is 11.3 Å². The highest BCUT2D eigenvalue weighted by Gasteiger charge is 2.05. The summed E-state index contributed by atoms with van der Waals surface area (Å²) in [4.78, 5) is 10.5. The van der Waals surface area contributed by atoms with Crippen molar-refractivity contribution < 1.29 is 9.90 Å². The van der Waals surface area contributed by atoms with Gasteiger partial charge in [-0.1, -0.05) is 6.07 Å². The van der Waals surface area contributed by atoms with Gasteiger partial charge in [0.2, 0.25) is 6.29 Å². The van der Waals surface area contributed by atoms with E-state index < -0.39 is 6.10 Å². The van der Waals surface area contributed by atoms with Gasteiger partial charge in [-0.05, 0) is 11.4 Å². The Hall–Kier alpha value is -0.670. The Morgan fingerprint density at radius 3 is 3.00 bits per heavy atom. The van der Waals surface area contributed by atoms with Crippen molar-refractivity contribution >= 4 is 17.6 Å². The lowest BCUT2D eigenvalue weighted by Crippen LogP contribution is -1.93. The normalized spacial score (nSPS) is 13.0. The molecule has 0 aromatic carbocycles. The van der Waals surface area contributed by atoms with Gasteiger partial charge >= 0.3 is 0 Å². The van der Waals surface area contributed by atoms with Gasteiger partial charge in [-0.15, -0.1) is 11.3 Å². The molecule has 47 valence electrons. The zero-order valence-electron chi connectivity index (χ0n) is 4.57. The highest BCUT2D eigenvalue weighted by Crippen LogP contribution is 2.15. The standard InChI is InChI=1S/C6H5O2S/c7-4-5(8)6-2-1-3-9-6/h1-3,5,8H. The second kappa shape index (κ2) is 2.75. The SMILES string of the molecule is O=[C]C(O)c1cccs1. The Bertz CT molecular complexity index is 181. The van der Waals surface area contributed by atoms with Gasteiger partial charge in [0.15, 0.2) is 6.10 Å². The van der Waals surface area contributed by atoms with Crippen molar-refractivity contribution in [2.45, 2.75) is 6.10 Å². The van der Waals surface area contributed by atoms with E-state index in [1.165, 1.54) is 17.6 Å². The average Bonchev–Trinajstić information content (AvgIpc) is 2.37. The van der Waals surface area contributed by atoms with Crippen molar-refractivity contribution in [3.05, 3.63) is 22.4 Å². The van der Waals surface area contributed by atoms with Crippen LogP contribution in [0.15, 0.2) is 17.5 Å². The Kier molecular flexibility index (Phi) is 1.97. The quantitative estimate of drug-likeness (QED) is 0.664. The molecule has 0 fully saturated rings. The van der Waals surface area contributed by atoms with E-state index >= 15 is 0 Å². The molecule has 0 aliphatic heterocycles. The molecule has 0 aliphatic rings. The van der Waals surface area contributed by atoms with Crippen molar-refractivity contribution in [3.8, 4) is 0 Å². The van der Waals surface area contributed by atoms with Crippen LogP contribution in [0.1, 0.15) is 11.0 Å². The summed E-state index contributed by atoms with van der Waals surface area (Å²) in [5.41, 5.74) is 0. The summed E-state index contributed by atoms with van der Waals surface area (Å²) in [6.45, 7) is 0. The Morgan fingerprint density at radius 2 is 2.56 bits per heavy atom. The Labute approximate surface area is 56.8 Å². The molecule has 2 nitrogen and oxygen atoms in total. The van der Waals surface area contributed by atoms with Crippen LogP contribution in [0.4, 0.5) is 0 Å². The molecule has 0 spiro atoms. The zero-order valence-corrected chi connectivity index (χ0v) is 5.39. The van der Waals surface area contributed by atoms with E-state index in [4.69, 9.17) is 5.11 Å². The lowest BCUT2D eigenvalue weighted by atomic mass is 10.3. The average molecular weight is 141 g/mol. The predicted octanol–water partition coefficient (Wildman–Crippen LogP) is 0.891. The minimum absolute atomic E-state index is 0.644. The fourth-order valence-electron chi connectivity index (χ4n) is 0.505. The van der Waals surface area contributed by atoms with Crippen LogP contribution in [-0.2, 0) is 4.79 Å². The van der Waals surface area contributed by atoms with E-state index in [0.29, 0.717) is 4.88 Å². The third kappa shape index (κ3) is 1.37. The monoisotopic (exact) mass is 141 g/mol. The second-order valence-corrected chi connectivity index (χ2v) is 2.52. The van der Waals surface area contributed by atoms with Crippen LogP contribution in [0.2, 0.25) is 0 Å². The van der Waals surface area contributed by atoms with E-state index in [-0.39, 0.29) is 0 Å². The lowest BCUT2D eigenvalue weighted by molar-refractivity contribution is 0.244. The number of rotatable bonds is 2. The van der Waals surface area contributed by atoms with E-state index in [1.807, 2.05) is 0 Å². The second-order valence-electron chi connectivity index (χ2n) is 1.54. The summed E-state index contributed by atoms with van der Waals surface area (Å²) in [6.07, 6.45) is 0.432. The number of carbonyl (C=O) groups excluding carboxylic acids is 1. The maximum absolute atomic E-state index is 9.83. The highest BCUT2D eigenvalue weighted by atomic mass is 32.1. The first kappa shape index (κ1) is 6.45. The summed E-state index contributed by atoms with van der Waals surface area (Å²) < 4.78 is 0. The van der Waals surface area contributed by atoms with Crippen LogP contribution in [0.25, 0.3) is 0 Å². The van der Waals surface area contributed by atoms with Crippen molar-refractivity contribution in [1.82, 2.24) is 0 Å². The molecule has 1 N–H and O–H groups in total. The zero-order chi connectivity index (χ0) is 6.69. The minimum atomic E-state index is -1.05. The van der Waals surface area contributed by atoms with Gasteiger partial charge in [0.05, 0.1) is 0 Å². The van der Waals surface area contributed by atoms with Gasteiger partial charge < -0.3 is 5.11 Å². The highest BCUT2D eigenvalue weighted by molar-refractivity contribution is 7.10. The first-order valence-corrected chi connectivity index (χ1v) is 3.31. The number of aliphatic hydroxyl groups excluding tert-OH is 1. The van der Waals surface area contributed by atoms with E-state index in [2.05, 4.69) is 0 Å². The maximum Gasteiger partial charge on any atom is 0.235 e. The molecule has 1 aromatic heterocycles. The molecule has 0 saturated heterocycles. The lowest BCUT2D eigenvalue weighted by Gasteiger charge is -1.92. The van der Waals surface area contributed by atoms with Crippen LogP contribution in [0.3, 0.4) is 0 Å². The molecule has 1 heterocycles. The summed E-state index contributed by atoms with van der Waals surface area (Å²) >= 11 is 1.34. The minimum Gasteiger partial charge on any atom is -0.379 e. The van der Waals surface area contributed by atoms with Gasteiger partial charge in [-0.3, -0.25) is 4.79 Å². The molecule has 1 unspecified atom stereocenters. The first-order chi connectivity index (χ1) is 4.34. The van der Waals surface area contributed by atoms with Gasteiger partial charge in [-0.25, -0.2) is 0 Å². The molecular weight excluding hydrogens is 136 g/mol. The van der Waals surface area contributed by atoms with Crippen molar-refractivity contribution in [1.29, 1.82) is 0 Å². The topological polar surface area (TPSA) is 37.3 Å². The summed E-state index contributed by atoms with van der Waals surface area (Å²) in [5, 5.41) is 10.6. The maximum atomic E-state index is 9.83. The van der Waals surface area contributed by atoms with Gasteiger partial charge in [0.25, 0.3) is 0 Å². The van der Waals surface area contributed by atoms with Crippen molar-refractivity contribution in [2.75, 3.05) is 0 Å². The van der Waals surface area contributed by atoms with Crippen LogP contribution in [-0.4, -0.2) is 11.4 Å². The molecule has 0 amide bonds. The van der Waals surface area contributed by atoms with Crippen LogP contribution in [0, 0.1) is 0 Å². The Morgan fingerprint density at radius 1 is 1.78 bits per heavy atom. The van der Waals surface area contributed by atoms with E-state index in [0.717, 1.165) is 0 Å². The van der Waals surface area contributed by atoms with E-state index in [1.54, 1.807) is 17.5 Å². The number of thiophene rings is 1. The molecule has 0 aliphatic carbocycles. The molecule has 0 bridgehead atoms. The molecule has 1 radical (unpaired) electrons. The molecule has 3 heteroatoms.